The van der Waals surface area contributed by atoms with Crippen LogP contribution in [0.4, 0.5) is 5.69 Å². The standard InChI is InChI=1S/C21H20N2O2/c1-21(2)12-23-18-9-13(7-8-16(18)21)10-19(24)20(25)15-11-22-17-6-4-3-5-14(15)17/h3-9,11,22-23H,10,12H2,1-2H3. The van der Waals surface area contributed by atoms with E-state index in [0.29, 0.717) is 5.56 Å². The van der Waals surface area contributed by atoms with E-state index in [1.54, 1.807) is 6.20 Å². The average molecular weight is 332 g/mol. The molecule has 0 amide bonds. The van der Waals surface area contributed by atoms with Crippen LogP contribution in [-0.2, 0) is 16.6 Å². The highest BCUT2D eigenvalue weighted by molar-refractivity contribution is 6.46. The zero-order valence-electron chi connectivity index (χ0n) is 14.3. The molecule has 0 radical (unpaired) electrons. The summed E-state index contributed by atoms with van der Waals surface area (Å²) in [4.78, 5) is 28.1. The Labute approximate surface area is 146 Å². The van der Waals surface area contributed by atoms with E-state index >= 15 is 0 Å². The highest BCUT2D eigenvalue weighted by atomic mass is 16.2. The fourth-order valence-corrected chi connectivity index (χ4v) is 3.52. The summed E-state index contributed by atoms with van der Waals surface area (Å²) in [5, 5.41) is 4.17. The predicted octanol–water partition coefficient (Wildman–Crippen LogP) is 3.87. The lowest BCUT2D eigenvalue weighted by molar-refractivity contribution is -0.114. The van der Waals surface area contributed by atoms with Crippen molar-refractivity contribution in [1.29, 1.82) is 0 Å². The van der Waals surface area contributed by atoms with E-state index in [0.717, 1.165) is 28.7 Å². The molecule has 3 aromatic rings. The zero-order valence-corrected chi connectivity index (χ0v) is 14.3. The topological polar surface area (TPSA) is 62.0 Å². The summed E-state index contributed by atoms with van der Waals surface area (Å²) in [7, 11) is 0. The molecule has 0 atom stereocenters. The summed E-state index contributed by atoms with van der Waals surface area (Å²) in [5.74, 6) is -0.826. The molecule has 1 aromatic heterocycles. The SMILES string of the molecule is CC1(C)CNc2cc(CC(=O)C(=O)c3c[nH]c4ccccc34)ccc21. The second kappa shape index (κ2) is 5.59. The van der Waals surface area contributed by atoms with Gasteiger partial charge in [-0.1, -0.05) is 44.2 Å². The minimum atomic E-state index is -0.439. The van der Waals surface area contributed by atoms with Crippen molar-refractivity contribution in [3.63, 3.8) is 0 Å². The summed E-state index contributed by atoms with van der Waals surface area (Å²) in [6, 6.07) is 13.5. The lowest BCUT2D eigenvalue weighted by Gasteiger charge is -2.16. The van der Waals surface area contributed by atoms with E-state index in [4.69, 9.17) is 0 Å². The van der Waals surface area contributed by atoms with Crippen molar-refractivity contribution in [3.8, 4) is 0 Å². The molecule has 4 heteroatoms. The van der Waals surface area contributed by atoms with E-state index in [-0.39, 0.29) is 17.6 Å². The Morgan fingerprint density at radius 2 is 1.92 bits per heavy atom. The Hall–Kier alpha value is -2.88. The Morgan fingerprint density at radius 3 is 2.76 bits per heavy atom. The summed E-state index contributed by atoms with van der Waals surface area (Å²) in [6.07, 6.45) is 1.74. The number of Topliss-reactive ketones (excluding diaryl/α,β-unsaturated/α-hetero) is 2. The smallest absolute Gasteiger partial charge is 0.231 e. The van der Waals surface area contributed by atoms with Crippen LogP contribution in [0.15, 0.2) is 48.7 Å². The Morgan fingerprint density at radius 1 is 1.12 bits per heavy atom. The molecule has 1 aliphatic heterocycles. The van der Waals surface area contributed by atoms with Gasteiger partial charge in [0.25, 0.3) is 0 Å². The second-order valence-corrected chi connectivity index (χ2v) is 7.29. The van der Waals surface area contributed by atoms with Gasteiger partial charge < -0.3 is 10.3 Å². The van der Waals surface area contributed by atoms with Gasteiger partial charge in [0.05, 0.1) is 5.56 Å². The van der Waals surface area contributed by atoms with Crippen molar-refractivity contribution < 1.29 is 9.59 Å². The van der Waals surface area contributed by atoms with Gasteiger partial charge in [-0.25, -0.2) is 0 Å². The van der Waals surface area contributed by atoms with E-state index in [1.165, 1.54) is 5.56 Å². The number of rotatable bonds is 4. The van der Waals surface area contributed by atoms with Gasteiger partial charge in [0.1, 0.15) is 0 Å². The van der Waals surface area contributed by atoms with Gasteiger partial charge in [-0.3, -0.25) is 9.59 Å². The van der Waals surface area contributed by atoms with Crippen LogP contribution in [0.25, 0.3) is 10.9 Å². The number of fused-ring (bicyclic) bond motifs is 2. The van der Waals surface area contributed by atoms with Crippen LogP contribution in [-0.4, -0.2) is 23.1 Å². The molecule has 2 heterocycles. The summed E-state index contributed by atoms with van der Waals surface area (Å²) < 4.78 is 0. The van der Waals surface area contributed by atoms with E-state index in [9.17, 15) is 9.59 Å². The van der Waals surface area contributed by atoms with Gasteiger partial charge in [-0.2, -0.15) is 0 Å². The molecule has 0 unspecified atom stereocenters. The van der Waals surface area contributed by atoms with Crippen molar-refractivity contribution in [2.24, 2.45) is 0 Å². The molecular weight excluding hydrogens is 312 g/mol. The van der Waals surface area contributed by atoms with Crippen molar-refractivity contribution >= 4 is 28.2 Å². The quantitative estimate of drug-likeness (QED) is 0.563. The van der Waals surface area contributed by atoms with Gasteiger partial charge in [0.15, 0.2) is 0 Å². The molecule has 2 N–H and O–H groups in total. The largest absolute Gasteiger partial charge is 0.384 e. The Balaban J connectivity index is 1.57. The monoisotopic (exact) mass is 332 g/mol. The molecule has 0 aliphatic carbocycles. The maximum atomic E-state index is 12.6. The Bertz CT molecular complexity index is 998. The van der Waals surface area contributed by atoms with Gasteiger partial charge >= 0.3 is 0 Å². The summed E-state index contributed by atoms with van der Waals surface area (Å²) in [5.41, 5.74) is 4.59. The minimum Gasteiger partial charge on any atom is -0.384 e. The number of aromatic nitrogens is 1. The summed E-state index contributed by atoms with van der Waals surface area (Å²) >= 11 is 0. The first-order chi connectivity index (χ1) is 12.0. The zero-order chi connectivity index (χ0) is 17.6. The van der Waals surface area contributed by atoms with Crippen LogP contribution in [0.5, 0.6) is 0 Å². The first kappa shape index (κ1) is 15.6. The van der Waals surface area contributed by atoms with Crippen LogP contribution < -0.4 is 5.32 Å². The average Bonchev–Trinajstić information content (AvgIpc) is 3.15. The second-order valence-electron chi connectivity index (χ2n) is 7.29. The van der Waals surface area contributed by atoms with E-state index in [1.807, 2.05) is 36.4 Å². The molecule has 0 fully saturated rings. The molecule has 0 saturated heterocycles. The van der Waals surface area contributed by atoms with Crippen LogP contribution in [0.2, 0.25) is 0 Å². The number of para-hydroxylation sites is 1. The van der Waals surface area contributed by atoms with Crippen molar-refractivity contribution in [2.75, 3.05) is 11.9 Å². The van der Waals surface area contributed by atoms with Crippen molar-refractivity contribution in [1.82, 2.24) is 4.98 Å². The van der Waals surface area contributed by atoms with Crippen molar-refractivity contribution in [3.05, 3.63) is 65.4 Å². The Kier molecular flexibility index (Phi) is 3.49. The first-order valence-electron chi connectivity index (χ1n) is 8.47. The molecule has 0 spiro atoms. The van der Waals surface area contributed by atoms with Crippen LogP contribution >= 0.6 is 0 Å². The maximum absolute atomic E-state index is 12.6. The number of benzene rings is 2. The normalized spacial score (nSPS) is 15.0. The number of hydrogen-bond donors (Lipinski definition) is 2. The number of carbonyl (C=O) groups excluding carboxylic acids is 2. The third-order valence-electron chi connectivity index (χ3n) is 4.99. The third kappa shape index (κ3) is 2.64. The number of aromatic amines is 1. The lowest BCUT2D eigenvalue weighted by Crippen LogP contribution is -2.18. The molecule has 4 rings (SSSR count). The molecular formula is C21H20N2O2. The van der Waals surface area contributed by atoms with Gasteiger partial charge in [-0.15, -0.1) is 0 Å². The molecule has 2 aromatic carbocycles. The first-order valence-corrected chi connectivity index (χ1v) is 8.47. The maximum Gasteiger partial charge on any atom is 0.231 e. The number of carbonyl (C=O) groups is 2. The fourth-order valence-electron chi connectivity index (χ4n) is 3.52. The molecule has 1 aliphatic rings. The molecule has 0 bridgehead atoms. The summed E-state index contributed by atoms with van der Waals surface area (Å²) in [6.45, 7) is 5.27. The molecule has 126 valence electrons. The molecule has 25 heavy (non-hydrogen) atoms. The van der Waals surface area contributed by atoms with Crippen LogP contribution in [0.3, 0.4) is 0 Å². The fraction of sp³-hybridized carbons (Fsp3) is 0.238. The van der Waals surface area contributed by atoms with E-state index in [2.05, 4.69) is 30.2 Å². The van der Waals surface area contributed by atoms with Crippen LogP contribution in [0, 0.1) is 0 Å². The lowest BCUT2D eigenvalue weighted by atomic mass is 9.86. The number of anilines is 1. The highest BCUT2D eigenvalue weighted by Gasteiger charge is 2.30. The number of ketones is 2. The van der Waals surface area contributed by atoms with Gasteiger partial charge in [-0.05, 0) is 23.3 Å². The predicted molar refractivity (Wildman–Crippen MR) is 99.3 cm³/mol. The van der Waals surface area contributed by atoms with Crippen molar-refractivity contribution in [2.45, 2.75) is 25.7 Å². The van der Waals surface area contributed by atoms with E-state index < -0.39 is 5.78 Å². The number of nitrogens with one attached hydrogen (secondary N) is 2. The minimum absolute atomic E-state index is 0.0950. The number of H-pyrrole nitrogens is 1. The molecule has 4 nitrogen and oxygen atoms in total. The van der Waals surface area contributed by atoms with Crippen LogP contribution in [0.1, 0.15) is 35.3 Å². The van der Waals surface area contributed by atoms with Gasteiger partial charge in [0.2, 0.25) is 11.6 Å². The highest BCUT2D eigenvalue weighted by Crippen LogP contribution is 2.36. The van der Waals surface area contributed by atoms with Gasteiger partial charge in [0, 0.05) is 41.2 Å². The number of hydrogen-bond acceptors (Lipinski definition) is 3. The molecule has 0 saturated carbocycles. The third-order valence-corrected chi connectivity index (χ3v) is 4.99.